The molecule has 0 radical (unpaired) electrons. The number of hydrogen-bond acceptors (Lipinski definition) is 4. The van der Waals surface area contributed by atoms with Gasteiger partial charge in [-0.1, -0.05) is 24.3 Å². The first-order chi connectivity index (χ1) is 12.9. The smallest absolute Gasteiger partial charge is 0.264 e. The summed E-state index contributed by atoms with van der Waals surface area (Å²) in [6, 6.07) is 17.5. The highest BCUT2D eigenvalue weighted by molar-refractivity contribution is 7.92. The number of aromatic nitrogens is 1. The van der Waals surface area contributed by atoms with Crippen molar-refractivity contribution in [1.82, 2.24) is 0 Å². The van der Waals surface area contributed by atoms with Gasteiger partial charge in [-0.05, 0) is 30.3 Å². The van der Waals surface area contributed by atoms with Gasteiger partial charge < -0.3 is 10.5 Å². The van der Waals surface area contributed by atoms with Gasteiger partial charge in [-0.25, -0.2) is 8.42 Å². The molecule has 0 bridgehead atoms. The Morgan fingerprint density at radius 3 is 2.33 bits per heavy atom. The zero-order chi connectivity index (χ0) is 19.4. The lowest BCUT2D eigenvalue weighted by atomic mass is 10.2. The maximum absolute atomic E-state index is 12.9. The third-order valence-electron chi connectivity index (χ3n) is 3.93. The maximum Gasteiger partial charge on any atom is 0.264 e. The molecular formula is C19H17N3O4S. The van der Waals surface area contributed by atoms with Crippen LogP contribution >= 0.6 is 0 Å². The molecule has 1 heterocycles. The molecule has 0 unspecified atom stereocenters. The Balaban J connectivity index is 1.84. The Labute approximate surface area is 157 Å². The summed E-state index contributed by atoms with van der Waals surface area (Å²) in [6.07, 6.45) is 2.43. The fourth-order valence-corrected chi connectivity index (χ4v) is 3.68. The van der Waals surface area contributed by atoms with E-state index in [9.17, 15) is 18.4 Å². The van der Waals surface area contributed by atoms with Gasteiger partial charge in [-0.15, -0.1) is 0 Å². The molecule has 0 aliphatic carbocycles. The van der Waals surface area contributed by atoms with Gasteiger partial charge in [0.2, 0.25) is 0 Å². The van der Waals surface area contributed by atoms with Crippen LogP contribution in [0.2, 0.25) is 0 Å². The SMILES string of the molecule is CN(c1ccccc1)S(=O)(=O)c1cccc(NC(=O)c2cc[n+]([O-])cc2)c1. The van der Waals surface area contributed by atoms with E-state index in [-0.39, 0.29) is 10.5 Å². The highest BCUT2D eigenvalue weighted by Crippen LogP contribution is 2.23. The summed E-state index contributed by atoms with van der Waals surface area (Å²) in [4.78, 5) is 12.3. The first-order valence-electron chi connectivity index (χ1n) is 8.02. The summed E-state index contributed by atoms with van der Waals surface area (Å²) in [5.74, 6) is -0.443. The Hall–Kier alpha value is -3.39. The summed E-state index contributed by atoms with van der Waals surface area (Å²) < 4.78 is 27.5. The van der Waals surface area contributed by atoms with Gasteiger partial charge in [0.1, 0.15) is 0 Å². The second-order valence-electron chi connectivity index (χ2n) is 5.74. The van der Waals surface area contributed by atoms with Crippen LogP contribution in [0, 0.1) is 5.21 Å². The number of benzene rings is 2. The van der Waals surface area contributed by atoms with Gasteiger partial charge >= 0.3 is 0 Å². The molecule has 0 saturated heterocycles. The molecule has 3 rings (SSSR count). The molecule has 0 atom stereocenters. The lowest BCUT2D eigenvalue weighted by molar-refractivity contribution is -0.605. The molecule has 0 aliphatic rings. The number of sulfonamides is 1. The zero-order valence-corrected chi connectivity index (χ0v) is 15.3. The van der Waals surface area contributed by atoms with Crippen molar-refractivity contribution in [2.75, 3.05) is 16.7 Å². The van der Waals surface area contributed by atoms with Crippen LogP contribution in [0.1, 0.15) is 10.4 Å². The van der Waals surface area contributed by atoms with E-state index in [0.29, 0.717) is 16.1 Å². The number of nitrogens with zero attached hydrogens (tertiary/aromatic N) is 2. The predicted molar refractivity (Wildman–Crippen MR) is 102 cm³/mol. The highest BCUT2D eigenvalue weighted by Gasteiger charge is 2.21. The quantitative estimate of drug-likeness (QED) is 0.541. The summed E-state index contributed by atoms with van der Waals surface area (Å²) in [6.45, 7) is 0. The Morgan fingerprint density at radius 1 is 1.00 bits per heavy atom. The van der Waals surface area contributed by atoms with E-state index in [2.05, 4.69) is 5.32 Å². The molecule has 1 N–H and O–H groups in total. The minimum Gasteiger partial charge on any atom is -0.619 e. The number of para-hydroxylation sites is 1. The number of nitrogens with one attached hydrogen (secondary N) is 1. The molecule has 0 fully saturated rings. The summed E-state index contributed by atoms with van der Waals surface area (Å²) in [5.41, 5.74) is 1.15. The molecule has 3 aromatic rings. The number of hydrogen-bond donors (Lipinski definition) is 1. The van der Waals surface area contributed by atoms with Crippen LogP contribution in [0.3, 0.4) is 0 Å². The van der Waals surface area contributed by atoms with E-state index in [1.807, 2.05) is 0 Å². The van der Waals surface area contributed by atoms with Crippen LogP contribution < -0.4 is 14.4 Å². The minimum atomic E-state index is -3.78. The third kappa shape index (κ3) is 4.06. The molecule has 8 heteroatoms. The van der Waals surface area contributed by atoms with Gasteiger partial charge in [-0.2, -0.15) is 4.73 Å². The number of carbonyl (C=O) groups is 1. The summed E-state index contributed by atoms with van der Waals surface area (Å²) in [7, 11) is -2.31. The molecule has 2 aromatic carbocycles. The monoisotopic (exact) mass is 383 g/mol. The zero-order valence-electron chi connectivity index (χ0n) is 14.4. The fourth-order valence-electron chi connectivity index (χ4n) is 2.44. The van der Waals surface area contributed by atoms with Crippen molar-refractivity contribution >= 4 is 27.3 Å². The molecule has 1 amide bonds. The number of pyridine rings is 1. The van der Waals surface area contributed by atoms with E-state index in [1.54, 1.807) is 42.5 Å². The van der Waals surface area contributed by atoms with Crippen LogP contribution in [0.25, 0.3) is 0 Å². The molecule has 0 saturated carbocycles. The Morgan fingerprint density at radius 2 is 1.67 bits per heavy atom. The lowest BCUT2D eigenvalue weighted by Gasteiger charge is -2.19. The van der Waals surface area contributed by atoms with Gasteiger partial charge in [0.15, 0.2) is 12.4 Å². The molecular weight excluding hydrogens is 366 g/mol. The largest absolute Gasteiger partial charge is 0.619 e. The average Bonchev–Trinajstić information content (AvgIpc) is 2.68. The second-order valence-corrected chi connectivity index (χ2v) is 7.71. The highest BCUT2D eigenvalue weighted by atomic mass is 32.2. The molecule has 0 spiro atoms. The topological polar surface area (TPSA) is 93.4 Å². The predicted octanol–water partition coefficient (Wildman–Crippen LogP) is 2.40. The minimum absolute atomic E-state index is 0.0529. The van der Waals surface area contributed by atoms with Crippen molar-refractivity contribution in [2.45, 2.75) is 4.90 Å². The van der Waals surface area contributed by atoms with Crippen LogP contribution in [-0.4, -0.2) is 21.4 Å². The standard InChI is InChI=1S/C19H17N3O4S/c1-21(17-7-3-2-4-8-17)27(25,26)18-9-5-6-16(14-18)20-19(23)15-10-12-22(24)13-11-15/h2-14H,1H3,(H,20,23). The molecule has 1 aromatic heterocycles. The van der Waals surface area contributed by atoms with E-state index < -0.39 is 15.9 Å². The normalized spacial score (nSPS) is 11.0. The average molecular weight is 383 g/mol. The van der Waals surface area contributed by atoms with E-state index >= 15 is 0 Å². The molecule has 7 nitrogen and oxygen atoms in total. The van der Waals surface area contributed by atoms with Gasteiger partial charge in [-0.3, -0.25) is 9.10 Å². The van der Waals surface area contributed by atoms with E-state index in [1.165, 1.54) is 48.0 Å². The van der Waals surface area contributed by atoms with Crippen LogP contribution in [0.4, 0.5) is 11.4 Å². The van der Waals surface area contributed by atoms with Crippen molar-refractivity contribution in [3.8, 4) is 0 Å². The maximum atomic E-state index is 12.9. The molecule has 138 valence electrons. The first-order valence-corrected chi connectivity index (χ1v) is 9.46. The van der Waals surface area contributed by atoms with Crippen molar-refractivity contribution in [3.05, 3.63) is 89.9 Å². The molecule has 27 heavy (non-hydrogen) atoms. The van der Waals surface area contributed by atoms with Gasteiger partial charge in [0.05, 0.1) is 16.1 Å². The summed E-state index contributed by atoms with van der Waals surface area (Å²) >= 11 is 0. The van der Waals surface area contributed by atoms with Crippen LogP contribution in [0.5, 0.6) is 0 Å². The lowest BCUT2D eigenvalue weighted by Crippen LogP contribution is -2.26. The van der Waals surface area contributed by atoms with Gasteiger partial charge in [0.25, 0.3) is 15.9 Å². The van der Waals surface area contributed by atoms with Crippen molar-refractivity contribution in [2.24, 2.45) is 0 Å². The van der Waals surface area contributed by atoms with Crippen molar-refractivity contribution in [3.63, 3.8) is 0 Å². The number of rotatable bonds is 5. The number of carbonyl (C=O) groups excluding carboxylic acids is 1. The molecule has 0 aliphatic heterocycles. The van der Waals surface area contributed by atoms with E-state index in [4.69, 9.17) is 0 Å². The van der Waals surface area contributed by atoms with Crippen molar-refractivity contribution in [1.29, 1.82) is 0 Å². The Kier molecular flexibility index (Phi) is 5.09. The Bertz CT molecular complexity index is 1050. The van der Waals surface area contributed by atoms with Crippen molar-refractivity contribution < 1.29 is 17.9 Å². The second kappa shape index (κ2) is 7.46. The van der Waals surface area contributed by atoms with Crippen LogP contribution in [0.15, 0.2) is 84.0 Å². The number of amides is 1. The van der Waals surface area contributed by atoms with Crippen LogP contribution in [-0.2, 0) is 10.0 Å². The fraction of sp³-hybridized carbons (Fsp3) is 0.0526. The van der Waals surface area contributed by atoms with Gasteiger partial charge in [0, 0.05) is 24.9 Å². The first kappa shape index (κ1) is 18.4. The third-order valence-corrected chi connectivity index (χ3v) is 5.72. The number of anilines is 2. The summed E-state index contributed by atoms with van der Waals surface area (Å²) in [5, 5.41) is 13.7. The van der Waals surface area contributed by atoms with E-state index in [0.717, 1.165) is 0 Å².